The van der Waals surface area contributed by atoms with Crippen LogP contribution < -0.4 is 10.5 Å². The predicted octanol–water partition coefficient (Wildman–Crippen LogP) is 3.32. The topological polar surface area (TPSA) is 35.2 Å². The summed E-state index contributed by atoms with van der Waals surface area (Å²) >= 11 is 0. The molecule has 0 amide bonds. The molecule has 1 fully saturated rings. The molecular formula is C14H22ClNO. The van der Waals surface area contributed by atoms with Crippen LogP contribution in [0.5, 0.6) is 5.75 Å². The molecule has 0 atom stereocenters. The molecule has 1 aromatic rings. The summed E-state index contributed by atoms with van der Waals surface area (Å²) in [6, 6.07) is 8.28. The Kier molecular flexibility index (Phi) is 5.29. The molecule has 2 N–H and O–H groups in total. The summed E-state index contributed by atoms with van der Waals surface area (Å²) in [5, 5.41) is 0. The summed E-state index contributed by atoms with van der Waals surface area (Å²) in [4.78, 5) is 0. The van der Waals surface area contributed by atoms with E-state index in [4.69, 9.17) is 10.5 Å². The molecule has 1 aliphatic rings. The molecule has 96 valence electrons. The van der Waals surface area contributed by atoms with Crippen LogP contribution in [0.3, 0.4) is 0 Å². The van der Waals surface area contributed by atoms with Crippen molar-refractivity contribution in [1.29, 1.82) is 0 Å². The van der Waals surface area contributed by atoms with Gasteiger partial charge in [0.2, 0.25) is 0 Å². The van der Waals surface area contributed by atoms with Crippen molar-refractivity contribution < 1.29 is 4.74 Å². The molecule has 0 heterocycles. The average molecular weight is 256 g/mol. The van der Waals surface area contributed by atoms with E-state index in [9.17, 15) is 0 Å². The van der Waals surface area contributed by atoms with Gasteiger partial charge in [-0.1, -0.05) is 31.4 Å². The molecule has 17 heavy (non-hydrogen) atoms. The third-order valence-corrected chi connectivity index (χ3v) is 3.56. The van der Waals surface area contributed by atoms with E-state index in [-0.39, 0.29) is 17.9 Å². The lowest BCUT2D eigenvalue weighted by Gasteiger charge is -2.33. The van der Waals surface area contributed by atoms with Crippen LogP contribution in [-0.2, 0) is 6.42 Å². The zero-order chi connectivity index (χ0) is 11.4. The van der Waals surface area contributed by atoms with Crippen LogP contribution in [0.4, 0.5) is 0 Å². The Morgan fingerprint density at radius 1 is 1.12 bits per heavy atom. The van der Waals surface area contributed by atoms with Gasteiger partial charge in [0.1, 0.15) is 5.75 Å². The number of methoxy groups -OCH3 is 1. The van der Waals surface area contributed by atoms with E-state index in [1.807, 2.05) is 12.1 Å². The number of nitrogens with two attached hydrogens (primary N) is 1. The van der Waals surface area contributed by atoms with Gasteiger partial charge in [-0.25, -0.2) is 0 Å². The van der Waals surface area contributed by atoms with Gasteiger partial charge in [-0.05, 0) is 37.0 Å². The van der Waals surface area contributed by atoms with Crippen LogP contribution in [-0.4, -0.2) is 12.6 Å². The SMILES string of the molecule is COc1ccc(CC2(N)CCCCC2)cc1.Cl. The number of hydrogen-bond acceptors (Lipinski definition) is 2. The van der Waals surface area contributed by atoms with Crippen LogP contribution in [0.1, 0.15) is 37.7 Å². The monoisotopic (exact) mass is 255 g/mol. The molecule has 0 saturated heterocycles. The Morgan fingerprint density at radius 3 is 2.24 bits per heavy atom. The molecule has 1 aliphatic carbocycles. The molecule has 2 rings (SSSR count). The van der Waals surface area contributed by atoms with Crippen LogP contribution in [0.2, 0.25) is 0 Å². The summed E-state index contributed by atoms with van der Waals surface area (Å²) in [6.45, 7) is 0. The Hall–Kier alpha value is -0.730. The van der Waals surface area contributed by atoms with E-state index in [0.29, 0.717) is 0 Å². The quantitative estimate of drug-likeness (QED) is 0.899. The first-order chi connectivity index (χ1) is 7.72. The van der Waals surface area contributed by atoms with Crippen molar-refractivity contribution in [1.82, 2.24) is 0 Å². The summed E-state index contributed by atoms with van der Waals surface area (Å²) < 4.78 is 5.15. The van der Waals surface area contributed by atoms with Gasteiger partial charge in [0.25, 0.3) is 0 Å². The van der Waals surface area contributed by atoms with Crippen molar-refractivity contribution in [2.45, 2.75) is 44.1 Å². The van der Waals surface area contributed by atoms with E-state index in [0.717, 1.165) is 12.2 Å². The van der Waals surface area contributed by atoms with Crippen LogP contribution >= 0.6 is 12.4 Å². The first kappa shape index (κ1) is 14.3. The highest BCUT2D eigenvalue weighted by Gasteiger charge is 2.27. The van der Waals surface area contributed by atoms with Crippen molar-refractivity contribution in [3.05, 3.63) is 29.8 Å². The lowest BCUT2D eigenvalue weighted by atomic mass is 9.78. The van der Waals surface area contributed by atoms with Crippen molar-refractivity contribution in [3.8, 4) is 5.75 Å². The molecule has 1 aromatic carbocycles. The molecule has 0 aromatic heterocycles. The molecule has 0 unspecified atom stereocenters. The molecule has 0 spiro atoms. The Morgan fingerprint density at radius 2 is 1.71 bits per heavy atom. The van der Waals surface area contributed by atoms with Gasteiger partial charge in [0.15, 0.2) is 0 Å². The normalized spacial score (nSPS) is 18.2. The lowest BCUT2D eigenvalue weighted by molar-refractivity contribution is 0.294. The minimum Gasteiger partial charge on any atom is -0.497 e. The third-order valence-electron chi connectivity index (χ3n) is 3.56. The maximum absolute atomic E-state index is 6.43. The Balaban J connectivity index is 0.00000144. The molecule has 0 aliphatic heterocycles. The van der Waals surface area contributed by atoms with Gasteiger partial charge in [0, 0.05) is 5.54 Å². The second-order valence-corrected chi connectivity index (χ2v) is 4.95. The summed E-state index contributed by atoms with van der Waals surface area (Å²) in [5.74, 6) is 0.915. The maximum Gasteiger partial charge on any atom is 0.118 e. The molecule has 1 saturated carbocycles. The zero-order valence-electron chi connectivity index (χ0n) is 10.4. The summed E-state index contributed by atoms with van der Waals surface area (Å²) in [6.07, 6.45) is 7.25. The average Bonchev–Trinajstić information content (AvgIpc) is 2.30. The van der Waals surface area contributed by atoms with Crippen LogP contribution in [0, 0.1) is 0 Å². The Labute approximate surface area is 110 Å². The molecule has 0 bridgehead atoms. The van der Waals surface area contributed by atoms with E-state index in [1.165, 1.54) is 37.7 Å². The van der Waals surface area contributed by atoms with E-state index in [1.54, 1.807) is 7.11 Å². The second kappa shape index (κ2) is 6.27. The van der Waals surface area contributed by atoms with E-state index < -0.39 is 0 Å². The maximum atomic E-state index is 6.43. The van der Waals surface area contributed by atoms with Crippen molar-refractivity contribution in [2.24, 2.45) is 5.73 Å². The molecule has 0 radical (unpaired) electrons. The number of ether oxygens (including phenoxy) is 1. The number of rotatable bonds is 3. The summed E-state index contributed by atoms with van der Waals surface area (Å²) in [5.41, 5.74) is 7.79. The van der Waals surface area contributed by atoms with Crippen molar-refractivity contribution in [3.63, 3.8) is 0 Å². The van der Waals surface area contributed by atoms with E-state index >= 15 is 0 Å². The molecule has 2 nitrogen and oxygen atoms in total. The fourth-order valence-electron chi connectivity index (χ4n) is 2.58. The molecular weight excluding hydrogens is 234 g/mol. The summed E-state index contributed by atoms with van der Waals surface area (Å²) in [7, 11) is 1.70. The number of hydrogen-bond donors (Lipinski definition) is 1. The standard InChI is InChI=1S/C14H21NO.ClH/c1-16-13-7-5-12(6-8-13)11-14(15)9-3-2-4-10-14;/h5-8H,2-4,9-11,15H2,1H3;1H. The third kappa shape index (κ3) is 3.90. The van der Waals surface area contributed by atoms with Gasteiger partial charge in [-0.2, -0.15) is 0 Å². The zero-order valence-corrected chi connectivity index (χ0v) is 11.3. The molecule has 3 heteroatoms. The number of benzene rings is 1. The second-order valence-electron chi connectivity index (χ2n) is 4.95. The highest BCUT2D eigenvalue weighted by atomic mass is 35.5. The predicted molar refractivity (Wildman–Crippen MR) is 73.9 cm³/mol. The highest BCUT2D eigenvalue weighted by Crippen LogP contribution is 2.29. The van der Waals surface area contributed by atoms with Crippen molar-refractivity contribution in [2.75, 3.05) is 7.11 Å². The highest BCUT2D eigenvalue weighted by molar-refractivity contribution is 5.85. The fraction of sp³-hybridized carbons (Fsp3) is 0.571. The van der Waals surface area contributed by atoms with Crippen LogP contribution in [0.25, 0.3) is 0 Å². The minimum absolute atomic E-state index is 0. The van der Waals surface area contributed by atoms with Crippen LogP contribution in [0.15, 0.2) is 24.3 Å². The largest absolute Gasteiger partial charge is 0.497 e. The van der Waals surface area contributed by atoms with Gasteiger partial charge < -0.3 is 10.5 Å². The van der Waals surface area contributed by atoms with Gasteiger partial charge in [-0.15, -0.1) is 12.4 Å². The Bertz CT molecular complexity index is 331. The first-order valence-electron chi connectivity index (χ1n) is 6.14. The van der Waals surface area contributed by atoms with E-state index in [2.05, 4.69) is 12.1 Å². The number of halogens is 1. The lowest BCUT2D eigenvalue weighted by Crippen LogP contribution is -2.43. The smallest absolute Gasteiger partial charge is 0.118 e. The van der Waals surface area contributed by atoms with Gasteiger partial charge in [-0.3, -0.25) is 0 Å². The fourth-order valence-corrected chi connectivity index (χ4v) is 2.58. The van der Waals surface area contributed by atoms with Gasteiger partial charge >= 0.3 is 0 Å². The first-order valence-corrected chi connectivity index (χ1v) is 6.14. The van der Waals surface area contributed by atoms with Gasteiger partial charge in [0.05, 0.1) is 7.11 Å². The minimum atomic E-state index is 0. The van der Waals surface area contributed by atoms with Crippen molar-refractivity contribution >= 4 is 12.4 Å².